The molecule has 2 nitrogen and oxygen atoms in total. The van der Waals surface area contributed by atoms with Crippen LogP contribution in [0.2, 0.25) is 0 Å². The molecule has 2 aliphatic carbocycles. The molecule has 0 N–H and O–H groups in total. The number of thiophene rings is 1. The highest BCUT2D eigenvalue weighted by Gasteiger charge is 2.37. The Bertz CT molecular complexity index is 383. The van der Waals surface area contributed by atoms with Gasteiger partial charge in [-0.3, -0.25) is 9.69 Å². The summed E-state index contributed by atoms with van der Waals surface area (Å²) in [5, 5.41) is 4.34. The predicted molar refractivity (Wildman–Crippen MR) is 70.1 cm³/mol. The minimum absolute atomic E-state index is 0.219. The number of hydrogen-bond donors (Lipinski definition) is 0. The van der Waals surface area contributed by atoms with Crippen LogP contribution < -0.4 is 0 Å². The van der Waals surface area contributed by atoms with Crippen LogP contribution in [0.3, 0.4) is 0 Å². The first-order valence-electron chi connectivity index (χ1n) is 6.64. The summed E-state index contributed by atoms with van der Waals surface area (Å²) in [6, 6.07) is 3.09. The Labute approximate surface area is 107 Å². The molecular weight excluding hydrogens is 230 g/mol. The van der Waals surface area contributed by atoms with Crippen LogP contribution in [0.5, 0.6) is 0 Å². The van der Waals surface area contributed by atoms with Gasteiger partial charge in [0, 0.05) is 19.0 Å². The molecule has 0 bridgehead atoms. The summed E-state index contributed by atoms with van der Waals surface area (Å²) in [6.07, 6.45) is 6.79. The van der Waals surface area contributed by atoms with Crippen molar-refractivity contribution in [1.29, 1.82) is 0 Å². The van der Waals surface area contributed by atoms with Crippen LogP contribution in [0.1, 0.15) is 44.1 Å². The van der Waals surface area contributed by atoms with E-state index in [1.807, 2.05) is 0 Å². The lowest BCUT2D eigenvalue weighted by Gasteiger charge is -2.33. The second kappa shape index (κ2) is 4.91. The van der Waals surface area contributed by atoms with Crippen LogP contribution in [-0.2, 0) is 11.3 Å². The first-order valence-corrected chi connectivity index (χ1v) is 7.58. The van der Waals surface area contributed by atoms with Crippen molar-refractivity contribution in [2.75, 3.05) is 0 Å². The number of carbonyl (C=O) groups is 1. The van der Waals surface area contributed by atoms with E-state index >= 15 is 0 Å². The zero-order chi connectivity index (χ0) is 11.7. The number of rotatable bonds is 4. The normalized spacial score (nSPS) is 25.5. The Morgan fingerprint density at radius 1 is 1.29 bits per heavy atom. The first-order chi connectivity index (χ1) is 8.34. The molecule has 2 fully saturated rings. The van der Waals surface area contributed by atoms with Crippen molar-refractivity contribution in [3.8, 4) is 0 Å². The monoisotopic (exact) mass is 249 g/mol. The summed E-state index contributed by atoms with van der Waals surface area (Å²) in [6.45, 7) is 0.977. The lowest BCUT2D eigenvalue weighted by Crippen LogP contribution is -2.43. The molecule has 17 heavy (non-hydrogen) atoms. The highest BCUT2D eigenvalue weighted by molar-refractivity contribution is 7.07. The van der Waals surface area contributed by atoms with Crippen molar-refractivity contribution in [1.82, 2.24) is 4.90 Å². The van der Waals surface area contributed by atoms with Crippen LogP contribution in [0.4, 0.5) is 0 Å². The molecule has 3 rings (SSSR count). The van der Waals surface area contributed by atoms with Gasteiger partial charge in [-0.05, 0) is 48.1 Å². The Hall–Kier alpha value is -0.670. The molecule has 1 aromatic rings. The van der Waals surface area contributed by atoms with Gasteiger partial charge in [0.05, 0.1) is 6.04 Å². The summed E-state index contributed by atoms with van der Waals surface area (Å²) in [4.78, 5) is 14.5. The van der Waals surface area contributed by atoms with E-state index in [-0.39, 0.29) is 6.04 Å². The van der Waals surface area contributed by atoms with Gasteiger partial charge in [0.15, 0.2) is 0 Å². The minimum atomic E-state index is 0.219. The van der Waals surface area contributed by atoms with E-state index in [1.165, 1.54) is 24.8 Å². The quantitative estimate of drug-likeness (QED) is 0.816. The highest BCUT2D eigenvalue weighted by Crippen LogP contribution is 2.34. The van der Waals surface area contributed by atoms with Crippen molar-refractivity contribution in [2.24, 2.45) is 0 Å². The Balaban J connectivity index is 1.72. The van der Waals surface area contributed by atoms with E-state index in [0.717, 1.165) is 25.8 Å². The van der Waals surface area contributed by atoms with Crippen molar-refractivity contribution in [2.45, 2.75) is 57.2 Å². The summed E-state index contributed by atoms with van der Waals surface area (Å²) >= 11 is 1.75. The SMILES string of the molecule is O=C1CCCCC1N(Cc1ccsc1)C1CC1. The number of carbonyl (C=O) groups excluding carboxylic acids is 1. The van der Waals surface area contributed by atoms with E-state index in [4.69, 9.17) is 0 Å². The minimum Gasteiger partial charge on any atom is -0.298 e. The second-order valence-electron chi connectivity index (χ2n) is 5.26. The van der Waals surface area contributed by atoms with Gasteiger partial charge in [0.1, 0.15) is 5.78 Å². The van der Waals surface area contributed by atoms with Gasteiger partial charge in [-0.25, -0.2) is 0 Å². The van der Waals surface area contributed by atoms with E-state index < -0.39 is 0 Å². The molecule has 0 spiro atoms. The molecule has 2 saturated carbocycles. The summed E-state index contributed by atoms with van der Waals surface area (Å²) < 4.78 is 0. The average molecular weight is 249 g/mol. The summed E-state index contributed by atoms with van der Waals surface area (Å²) in [5.41, 5.74) is 1.38. The molecule has 0 saturated heterocycles. The smallest absolute Gasteiger partial charge is 0.149 e. The lowest BCUT2D eigenvalue weighted by molar-refractivity contribution is -0.126. The van der Waals surface area contributed by atoms with Crippen molar-refractivity contribution < 1.29 is 4.79 Å². The van der Waals surface area contributed by atoms with E-state index in [2.05, 4.69) is 21.7 Å². The summed E-state index contributed by atoms with van der Waals surface area (Å²) in [7, 11) is 0. The molecule has 0 amide bonds. The third-order valence-electron chi connectivity index (χ3n) is 3.88. The van der Waals surface area contributed by atoms with Gasteiger partial charge in [0.2, 0.25) is 0 Å². The maximum Gasteiger partial charge on any atom is 0.149 e. The van der Waals surface area contributed by atoms with E-state index in [9.17, 15) is 4.79 Å². The average Bonchev–Trinajstić information content (AvgIpc) is 3.05. The number of Topliss-reactive ketones (excluding diaryl/α,β-unsaturated/α-hetero) is 1. The van der Waals surface area contributed by atoms with Crippen molar-refractivity contribution in [3.05, 3.63) is 22.4 Å². The van der Waals surface area contributed by atoms with Crippen LogP contribution >= 0.6 is 11.3 Å². The van der Waals surface area contributed by atoms with Gasteiger partial charge in [-0.2, -0.15) is 11.3 Å². The fraction of sp³-hybridized carbons (Fsp3) is 0.643. The maximum absolute atomic E-state index is 12.1. The molecule has 0 radical (unpaired) electrons. The number of ketones is 1. The van der Waals surface area contributed by atoms with Gasteiger partial charge in [-0.1, -0.05) is 6.42 Å². The van der Waals surface area contributed by atoms with Gasteiger partial charge in [-0.15, -0.1) is 0 Å². The zero-order valence-electron chi connectivity index (χ0n) is 10.1. The van der Waals surface area contributed by atoms with Gasteiger partial charge < -0.3 is 0 Å². The Morgan fingerprint density at radius 3 is 2.82 bits per heavy atom. The Morgan fingerprint density at radius 2 is 2.18 bits per heavy atom. The van der Waals surface area contributed by atoms with E-state index in [0.29, 0.717) is 11.8 Å². The molecule has 3 heteroatoms. The second-order valence-corrected chi connectivity index (χ2v) is 6.04. The molecule has 1 unspecified atom stereocenters. The standard InChI is InChI=1S/C14H19NOS/c16-14-4-2-1-3-13(14)15(12-5-6-12)9-11-7-8-17-10-11/h7-8,10,12-13H,1-6,9H2. The zero-order valence-corrected chi connectivity index (χ0v) is 10.9. The van der Waals surface area contributed by atoms with Crippen LogP contribution in [0, 0.1) is 0 Å². The molecule has 0 aliphatic heterocycles. The Kier molecular flexibility index (Phi) is 3.30. The third-order valence-corrected chi connectivity index (χ3v) is 4.62. The summed E-state index contributed by atoms with van der Waals surface area (Å²) in [5.74, 6) is 0.485. The molecule has 92 valence electrons. The molecule has 1 aromatic heterocycles. The predicted octanol–water partition coefficient (Wildman–Crippen LogP) is 3.22. The van der Waals surface area contributed by atoms with Crippen LogP contribution in [0.25, 0.3) is 0 Å². The molecule has 1 heterocycles. The van der Waals surface area contributed by atoms with Crippen LogP contribution in [0.15, 0.2) is 16.8 Å². The lowest BCUT2D eigenvalue weighted by atomic mass is 9.92. The third kappa shape index (κ3) is 2.61. The molecular formula is C14H19NOS. The number of nitrogens with zero attached hydrogens (tertiary/aromatic N) is 1. The topological polar surface area (TPSA) is 20.3 Å². The van der Waals surface area contributed by atoms with E-state index in [1.54, 1.807) is 11.3 Å². The van der Waals surface area contributed by atoms with Gasteiger partial charge in [0.25, 0.3) is 0 Å². The van der Waals surface area contributed by atoms with Crippen LogP contribution in [-0.4, -0.2) is 22.8 Å². The van der Waals surface area contributed by atoms with Crippen molar-refractivity contribution in [3.63, 3.8) is 0 Å². The molecule has 1 atom stereocenters. The fourth-order valence-corrected chi connectivity index (χ4v) is 3.47. The fourth-order valence-electron chi connectivity index (χ4n) is 2.81. The maximum atomic E-state index is 12.1. The first kappa shape index (κ1) is 11.4. The largest absolute Gasteiger partial charge is 0.298 e. The van der Waals surface area contributed by atoms with Gasteiger partial charge >= 0.3 is 0 Å². The molecule has 2 aliphatic rings. The number of hydrogen-bond acceptors (Lipinski definition) is 3. The highest BCUT2D eigenvalue weighted by atomic mass is 32.1. The molecule has 0 aromatic carbocycles. The van der Waals surface area contributed by atoms with Crippen molar-refractivity contribution >= 4 is 17.1 Å².